The highest BCUT2D eigenvalue weighted by atomic mass is 35.5. The molecule has 1 aliphatic rings. The van der Waals surface area contributed by atoms with Gasteiger partial charge >= 0.3 is 5.97 Å². The van der Waals surface area contributed by atoms with Gasteiger partial charge < -0.3 is 9.64 Å². The number of halogens is 1. The first-order valence-electron chi connectivity index (χ1n) is 10.1. The summed E-state index contributed by atoms with van der Waals surface area (Å²) < 4.78 is 6.74. The molecule has 1 atom stereocenters. The number of piperazine rings is 1. The van der Waals surface area contributed by atoms with Crippen molar-refractivity contribution in [3.8, 4) is 0 Å². The number of esters is 1. The van der Waals surface area contributed by atoms with Gasteiger partial charge in [-0.25, -0.2) is 9.78 Å². The number of carbonyl (C=O) groups excluding carboxylic acids is 2. The number of aryl methyl sites for hydroxylation is 2. The van der Waals surface area contributed by atoms with E-state index in [0.29, 0.717) is 42.3 Å². The first-order chi connectivity index (χ1) is 14.9. The SMILES string of the molecule is COC(=O)C(c1ccccc1Cl)N1CCN(C(=O)c2cnc3c(c2)c(C)nn3C)CC1. The molecule has 1 amide bonds. The van der Waals surface area contributed by atoms with Crippen LogP contribution in [0.4, 0.5) is 0 Å². The number of fused-ring (bicyclic) bond motifs is 1. The zero-order chi connectivity index (χ0) is 22.1. The summed E-state index contributed by atoms with van der Waals surface area (Å²) in [5.41, 5.74) is 2.83. The molecule has 1 saturated heterocycles. The van der Waals surface area contributed by atoms with Crippen molar-refractivity contribution < 1.29 is 14.3 Å². The first-order valence-corrected chi connectivity index (χ1v) is 10.4. The lowest BCUT2D eigenvalue weighted by molar-refractivity contribution is -0.148. The Morgan fingerprint density at radius 3 is 2.55 bits per heavy atom. The average Bonchev–Trinajstić information content (AvgIpc) is 3.08. The lowest BCUT2D eigenvalue weighted by Gasteiger charge is -2.38. The number of rotatable bonds is 4. The van der Waals surface area contributed by atoms with Crippen LogP contribution in [0, 0.1) is 6.92 Å². The van der Waals surface area contributed by atoms with Gasteiger partial charge in [-0.1, -0.05) is 29.8 Å². The van der Waals surface area contributed by atoms with Gasteiger partial charge in [-0.15, -0.1) is 0 Å². The Morgan fingerprint density at radius 1 is 1.16 bits per heavy atom. The summed E-state index contributed by atoms with van der Waals surface area (Å²) in [4.78, 5) is 33.8. The van der Waals surface area contributed by atoms with Crippen LogP contribution in [0.25, 0.3) is 11.0 Å². The van der Waals surface area contributed by atoms with Crippen molar-refractivity contribution in [2.75, 3.05) is 33.3 Å². The maximum absolute atomic E-state index is 13.1. The van der Waals surface area contributed by atoms with Crippen LogP contribution in [-0.4, -0.2) is 69.7 Å². The predicted molar refractivity (Wildman–Crippen MR) is 117 cm³/mol. The van der Waals surface area contributed by atoms with Gasteiger partial charge in [0.2, 0.25) is 0 Å². The van der Waals surface area contributed by atoms with Gasteiger partial charge in [0.05, 0.1) is 18.4 Å². The molecule has 0 saturated carbocycles. The van der Waals surface area contributed by atoms with E-state index < -0.39 is 6.04 Å². The molecule has 0 spiro atoms. The van der Waals surface area contributed by atoms with Crippen LogP contribution in [0.5, 0.6) is 0 Å². The van der Waals surface area contributed by atoms with Crippen molar-refractivity contribution in [2.24, 2.45) is 7.05 Å². The zero-order valence-corrected chi connectivity index (χ0v) is 18.5. The summed E-state index contributed by atoms with van der Waals surface area (Å²) in [7, 11) is 3.20. The Bertz CT molecular complexity index is 1140. The Kier molecular flexibility index (Phi) is 5.93. The minimum Gasteiger partial charge on any atom is -0.468 e. The lowest BCUT2D eigenvalue weighted by atomic mass is 10.0. The molecule has 0 radical (unpaired) electrons. The monoisotopic (exact) mass is 441 g/mol. The summed E-state index contributed by atoms with van der Waals surface area (Å²) in [5.74, 6) is -0.445. The van der Waals surface area contributed by atoms with E-state index in [4.69, 9.17) is 16.3 Å². The van der Waals surface area contributed by atoms with Crippen LogP contribution in [0.1, 0.15) is 27.7 Å². The van der Waals surface area contributed by atoms with Crippen molar-refractivity contribution in [3.05, 3.63) is 58.4 Å². The number of amides is 1. The number of nitrogens with zero attached hydrogens (tertiary/aromatic N) is 5. The Morgan fingerprint density at radius 2 is 1.87 bits per heavy atom. The zero-order valence-electron chi connectivity index (χ0n) is 17.7. The Balaban J connectivity index is 1.51. The van der Waals surface area contributed by atoms with Crippen molar-refractivity contribution >= 4 is 34.5 Å². The van der Waals surface area contributed by atoms with Crippen molar-refractivity contribution in [1.82, 2.24) is 24.6 Å². The van der Waals surface area contributed by atoms with E-state index in [1.165, 1.54) is 7.11 Å². The fourth-order valence-electron chi connectivity index (χ4n) is 4.07. The maximum Gasteiger partial charge on any atom is 0.327 e. The van der Waals surface area contributed by atoms with Crippen LogP contribution in [0.15, 0.2) is 36.5 Å². The topological polar surface area (TPSA) is 80.6 Å². The smallest absolute Gasteiger partial charge is 0.327 e. The highest BCUT2D eigenvalue weighted by Crippen LogP contribution is 2.29. The summed E-state index contributed by atoms with van der Waals surface area (Å²) in [6.07, 6.45) is 1.60. The second-order valence-electron chi connectivity index (χ2n) is 7.58. The van der Waals surface area contributed by atoms with E-state index >= 15 is 0 Å². The van der Waals surface area contributed by atoms with Gasteiger partial charge in [0.1, 0.15) is 6.04 Å². The summed E-state index contributed by atoms with van der Waals surface area (Å²) in [6.45, 7) is 3.93. The van der Waals surface area contributed by atoms with E-state index in [2.05, 4.69) is 10.1 Å². The van der Waals surface area contributed by atoms with Crippen molar-refractivity contribution in [3.63, 3.8) is 0 Å². The average molecular weight is 442 g/mol. The van der Waals surface area contributed by atoms with Gasteiger partial charge in [-0.3, -0.25) is 14.4 Å². The molecule has 1 fully saturated rings. The van der Waals surface area contributed by atoms with Crippen LogP contribution in [0.2, 0.25) is 5.02 Å². The minimum absolute atomic E-state index is 0.0790. The summed E-state index contributed by atoms with van der Waals surface area (Å²) in [6, 6.07) is 8.51. The molecule has 162 valence electrons. The van der Waals surface area contributed by atoms with Crippen LogP contribution < -0.4 is 0 Å². The highest BCUT2D eigenvalue weighted by molar-refractivity contribution is 6.31. The second-order valence-corrected chi connectivity index (χ2v) is 7.99. The van der Waals surface area contributed by atoms with E-state index in [0.717, 1.165) is 16.7 Å². The van der Waals surface area contributed by atoms with Gasteiger partial charge in [0.15, 0.2) is 5.65 Å². The van der Waals surface area contributed by atoms with Crippen molar-refractivity contribution in [2.45, 2.75) is 13.0 Å². The molecule has 8 nitrogen and oxygen atoms in total. The molecule has 1 aromatic carbocycles. The molecular formula is C22H24ClN5O3. The molecule has 31 heavy (non-hydrogen) atoms. The number of pyridine rings is 1. The van der Waals surface area contributed by atoms with E-state index in [9.17, 15) is 9.59 Å². The summed E-state index contributed by atoms with van der Waals surface area (Å²) in [5, 5.41) is 5.75. The normalized spacial score (nSPS) is 15.8. The third-order valence-electron chi connectivity index (χ3n) is 5.70. The molecule has 3 heterocycles. The standard InChI is InChI=1S/C22H24ClN5O3/c1-14-17-12-15(13-24-20(17)26(2)25-14)21(29)28-10-8-27(9-11-28)19(22(30)31-3)16-6-4-5-7-18(16)23/h4-7,12-13,19H,8-11H2,1-3H3. The fraction of sp³-hybridized carbons (Fsp3) is 0.364. The minimum atomic E-state index is -0.605. The molecule has 1 unspecified atom stereocenters. The van der Waals surface area contributed by atoms with Crippen LogP contribution in [-0.2, 0) is 16.6 Å². The quantitative estimate of drug-likeness (QED) is 0.579. The largest absolute Gasteiger partial charge is 0.468 e. The first kappa shape index (κ1) is 21.3. The number of aromatic nitrogens is 3. The molecular weight excluding hydrogens is 418 g/mol. The van der Waals surface area contributed by atoms with Gasteiger partial charge in [0, 0.05) is 49.8 Å². The molecule has 2 aromatic heterocycles. The number of methoxy groups -OCH3 is 1. The fourth-order valence-corrected chi connectivity index (χ4v) is 4.31. The molecule has 3 aromatic rings. The third kappa shape index (κ3) is 4.00. The molecule has 0 N–H and O–H groups in total. The summed E-state index contributed by atoms with van der Waals surface area (Å²) >= 11 is 6.35. The van der Waals surface area contributed by atoms with E-state index in [1.54, 1.807) is 21.8 Å². The molecule has 9 heteroatoms. The lowest BCUT2D eigenvalue weighted by Crippen LogP contribution is -2.51. The van der Waals surface area contributed by atoms with Crippen LogP contribution in [0.3, 0.4) is 0 Å². The highest BCUT2D eigenvalue weighted by Gasteiger charge is 2.33. The Labute approximate surface area is 185 Å². The van der Waals surface area contributed by atoms with Gasteiger partial charge in [0.25, 0.3) is 5.91 Å². The van der Waals surface area contributed by atoms with E-state index in [-0.39, 0.29) is 11.9 Å². The number of benzene rings is 1. The second kappa shape index (κ2) is 8.64. The third-order valence-corrected chi connectivity index (χ3v) is 6.05. The van der Waals surface area contributed by atoms with Gasteiger partial charge in [-0.2, -0.15) is 5.10 Å². The number of ether oxygens (including phenoxy) is 1. The number of carbonyl (C=O) groups is 2. The molecule has 4 rings (SSSR count). The Hall–Kier alpha value is -2.97. The molecule has 1 aliphatic heterocycles. The number of hydrogen-bond donors (Lipinski definition) is 0. The molecule has 0 aliphatic carbocycles. The maximum atomic E-state index is 13.1. The predicted octanol–water partition coefficient (Wildman–Crippen LogP) is 2.60. The van der Waals surface area contributed by atoms with E-state index in [1.807, 2.05) is 43.1 Å². The number of hydrogen-bond acceptors (Lipinski definition) is 6. The van der Waals surface area contributed by atoms with Crippen LogP contribution >= 0.6 is 11.6 Å². The van der Waals surface area contributed by atoms with Gasteiger partial charge in [-0.05, 0) is 24.6 Å². The van der Waals surface area contributed by atoms with Crippen molar-refractivity contribution in [1.29, 1.82) is 0 Å². The molecule has 0 bridgehead atoms.